The first-order valence-electron chi connectivity index (χ1n) is 5.70. The lowest BCUT2D eigenvalue weighted by Gasteiger charge is -2.02. The average Bonchev–Trinajstić information content (AvgIpc) is 2.52. The number of nitrogens with two attached hydrogens (primary N) is 1. The molecule has 0 aromatic carbocycles. The van der Waals surface area contributed by atoms with Gasteiger partial charge in [0.25, 0.3) is 0 Å². The number of nitrogens with one attached hydrogen (secondary N) is 1. The van der Waals surface area contributed by atoms with E-state index >= 15 is 0 Å². The highest BCUT2D eigenvalue weighted by Crippen LogP contribution is 2.20. The van der Waals surface area contributed by atoms with E-state index < -0.39 is 0 Å². The predicted octanol–water partition coefficient (Wildman–Crippen LogP) is 2.58. The van der Waals surface area contributed by atoms with Crippen molar-refractivity contribution < 1.29 is 0 Å². The van der Waals surface area contributed by atoms with E-state index in [1.165, 1.54) is 28.2 Å². The normalized spacial score (nSPS) is 10.9. The van der Waals surface area contributed by atoms with Crippen molar-refractivity contribution >= 4 is 11.3 Å². The first-order valence-corrected chi connectivity index (χ1v) is 6.52. The summed E-state index contributed by atoms with van der Waals surface area (Å²) >= 11 is 1.90. The van der Waals surface area contributed by atoms with Gasteiger partial charge in [-0.3, -0.25) is 0 Å². The highest BCUT2D eigenvalue weighted by molar-refractivity contribution is 7.12. The number of aryl methyl sites for hydroxylation is 2. The Morgan fingerprint density at radius 2 is 2.07 bits per heavy atom. The van der Waals surface area contributed by atoms with E-state index in [-0.39, 0.29) is 0 Å². The topological polar surface area (TPSA) is 38.0 Å². The second kappa shape index (κ2) is 6.99. The van der Waals surface area contributed by atoms with Gasteiger partial charge in [0, 0.05) is 16.3 Å². The molecule has 0 bridgehead atoms. The molecule has 3 heteroatoms. The molecular weight excluding hydrogens is 204 g/mol. The molecule has 0 saturated carbocycles. The van der Waals surface area contributed by atoms with Crippen LogP contribution >= 0.6 is 11.3 Å². The van der Waals surface area contributed by atoms with Crippen molar-refractivity contribution in [3.8, 4) is 0 Å². The summed E-state index contributed by atoms with van der Waals surface area (Å²) in [5.74, 6) is 0. The summed E-state index contributed by atoms with van der Waals surface area (Å²) in [5, 5.41) is 3.47. The van der Waals surface area contributed by atoms with Crippen LogP contribution in [0, 0.1) is 13.8 Å². The average molecular weight is 226 g/mol. The molecule has 15 heavy (non-hydrogen) atoms. The van der Waals surface area contributed by atoms with Crippen LogP contribution in [0.15, 0.2) is 6.07 Å². The molecular formula is C12H22N2S. The zero-order valence-corrected chi connectivity index (χ0v) is 10.6. The molecule has 0 spiro atoms. The fourth-order valence-electron chi connectivity index (χ4n) is 1.52. The van der Waals surface area contributed by atoms with Gasteiger partial charge in [-0.15, -0.1) is 11.3 Å². The second-order valence-electron chi connectivity index (χ2n) is 3.98. The fourth-order valence-corrected chi connectivity index (χ4v) is 2.54. The lowest BCUT2D eigenvalue weighted by Crippen LogP contribution is -2.14. The zero-order chi connectivity index (χ0) is 11.1. The summed E-state index contributed by atoms with van der Waals surface area (Å²) in [6.45, 7) is 7.31. The monoisotopic (exact) mass is 226 g/mol. The van der Waals surface area contributed by atoms with Crippen LogP contribution in [-0.4, -0.2) is 13.1 Å². The Labute approximate surface area is 96.9 Å². The minimum absolute atomic E-state index is 0.823. The lowest BCUT2D eigenvalue weighted by molar-refractivity contribution is 0.609. The number of rotatable bonds is 7. The molecule has 2 nitrogen and oxygen atoms in total. The van der Waals surface area contributed by atoms with E-state index in [0.29, 0.717) is 0 Å². The standard InChI is InChI=1S/C12H22N2S/c1-10-8-12(15-11(10)2)9-14-7-5-3-4-6-13/h8,14H,3-7,9,13H2,1-2H3. The molecule has 0 radical (unpaired) electrons. The Hall–Kier alpha value is -0.380. The van der Waals surface area contributed by atoms with E-state index in [2.05, 4.69) is 25.2 Å². The van der Waals surface area contributed by atoms with E-state index in [1.807, 2.05) is 11.3 Å². The maximum absolute atomic E-state index is 5.43. The maximum atomic E-state index is 5.43. The van der Waals surface area contributed by atoms with Crippen molar-refractivity contribution in [1.82, 2.24) is 5.32 Å². The van der Waals surface area contributed by atoms with Gasteiger partial charge in [-0.25, -0.2) is 0 Å². The van der Waals surface area contributed by atoms with Crippen LogP contribution in [0.5, 0.6) is 0 Å². The van der Waals surface area contributed by atoms with Gasteiger partial charge in [-0.05, 0) is 51.4 Å². The molecule has 0 amide bonds. The molecule has 1 heterocycles. The van der Waals surface area contributed by atoms with Crippen LogP contribution in [0.4, 0.5) is 0 Å². The fraction of sp³-hybridized carbons (Fsp3) is 0.667. The Kier molecular flexibility index (Phi) is 5.91. The number of hydrogen-bond acceptors (Lipinski definition) is 3. The van der Waals surface area contributed by atoms with Gasteiger partial charge in [0.05, 0.1) is 0 Å². The van der Waals surface area contributed by atoms with Crippen molar-refractivity contribution in [2.45, 2.75) is 39.7 Å². The molecule has 0 unspecified atom stereocenters. The third-order valence-corrected chi connectivity index (χ3v) is 3.73. The second-order valence-corrected chi connectivity index (χ2v) is 5.32. The Bertz CT molecular complexity index is 262. The van der Waals surface area contributed by atoms with Crippen molar-refractivity contribution in [2.24, 2.45) is 5.73 Å². The van der Waals surface area contributed by atoms with Gasteiger partial charge in [-0.2, -0.15) is 0 Å². The van der Waals surface area contributed by atoms with Crippen LogP contribution in [0.1, 0.15) is 34.6 Å². The lowest BCUT2D eigenvalue weighted by atomic mass is 10.2. The zero-order valence-electron chi connectivity index (χ0n) is 9.81. The molecule has 0 aliphatic rings. The Morgan fingerprint density at radius 3 is 2.67 bits per heavy atom. The maximum Gasteiger partial charge on any atom is 0.0299 e. The summed E-state index contributed by atoms with van der Waals surface area (Å²) in [6, 6.07) is 2.28. The summed E-state index contributed by atoms with van der Waals surface area (Å²) in [5.41, 5.74) is 6.85. The molecule has 0 atom stereocenters. The van der Waals surface area contributed by atoms with Crippen molar-refractivity contribution in [3.05, 3.63) is 21.4 Å². The summed E-state index contributed by atoms with van der Waals surface area (Å²) in [6.07, 6.45) is 3.63. The van der Waals surface area contributed by atoms with Gasteiger partial charge >= 0.3 is 0 Å². The van der Waals surface area contributed by atoms with Crippen LogP contribution in [0.25, 0.3) is 0 Å². The Balaban J connectivity index is 2.10. The third-order valence-electron chi connectivity index (χ3n) is 2.57. The largest absolute Gasteiger partial charge is 0.330 e. The first-order chi connectivity index (χ1) is 7.24. The number of unbranched alkanes of at least 4 members (excludes halogenated alkanes) is 2. The molecule has 1 aromatic rings. The SMILES string of the molecule is Cc1cc(CNCCCCCN)sc1C. The van der Waals surface area contributed by atoms with Crippen molar-refractivity contribution in [2.75, 3.05) is 13.1 Å². The highest BCUT2D eigenvalue weighted by atomic mass is 32.1. The molecule has 0 aliphatic carbocycles. The summed E-state index contributed by atoms with van der Waals surface area (Å²) in [4.78, 5) is 2.89. The molecule has 1 rings (SSSR count). The minimum atomic E-state index is 0.823. The minimum Gasteiger partial charge on any atom is -0.330 e. The molecule has 3 N–H and O–H groups in total. The van der Waals surface area contributed by atoms with Gasteiger partial charge in [0.15, 0.2) is 0 Å². The molecule has 0 aliphatic heterocycles. The van der Waals surface area contributed by atoms with Gasteiger partial charge in [0.2, 0.25) is 0 Å². The van der Waals surface area contributed by atoms with Gasteiger partial charge < -0.3 is 11.1 Å². The van der Waals surface area contributed by atoms with E-state index in [0.717, 1.165) is 26.1 Å². The van der Waals surface area contributed by atoms with Crippen LogP contribution in [0.2, 0.25) is 0 Å². The molecule has 0 fully saturated rings. The molecule has 86 valence electrons. The van der Waals surface area contributed by atoms with E-state index in [4.69, 9.17) is 5.73 Å². The number of thiophene rings is 1. The summed E-state index contributed by atoms with van der Waals surface area (Å²) in [7, 11) is 0. The van der Waals surface area contributed by atoms with E-state index in [9.17, 15) is 0 Å². The van der Waals surface area contributed by atoms with Crippen LogP contribution in [-0.2, 0) is 6.54 Å². The molecule has 1 aromatic heterocycles. The van der Waals surface area contributed by atoms with Crippen LogP contribution in [0.3, 0.4) is 0 Å². The van der Waals surface area contributed by atoms with Crippen LogP contribution < -0.4 is 11.1 Å². The third kappa shape index (κ3) is 4.78. The Morgan fingerprint density at radius 1 is 1.27 bits per heavy atom. The summed E-state index contributed by atoms with van der Waals surface area (Å²) < 4.78 is 0. The smallest absolute Gasteiger partial charge is 0.0299 e. The van der Waals surface area contributed by atoms with E-state index in [1.54, 1.807) is 0 Å². The highest BCUT2D eigenvalue weighted by Gasteiger charge is 2.00. The van der Waals surface area contributed by atoms with Gasteiger partial charge in [0.1, 0.15) is 0 Å². The molecule has 0 saturated heterocycles. The number of hydrogen-bond donors (Lipinski definition) is 2. The first kappa shape index (κ1) is 12.7. The van der Waals surface area contributed by atoms with Crippen molar-refractivity contribution in [3.63, 3.8) is 0 Å². The predicted molar refractivity (Wildman–Crippen MR) is 68.4 cm³/mol. The van der Waals surface area contributed by atoms with Gasteiger partial charge in [-0.1, -0.05) is 6.42 Å². The van der Waals surface area contributed by atoms with Crippen molar-refractivity contribution in [1.29, 1.82) is 0 Å². The quantitative estimate of drug-likeness (QED) is 0.701.